The largest absolute Gasteiger partial charge is 0.456 e. The van der Waals surface area contributed by atoms with Crippen molar-refractivity contribution in [2.24, 2.45) is 0 Å². The average Bonchev–Trinajstić information content (AvgIpc) is 3.94. The number of rotatable bonds is 4. The summed E-state index contributed by atoms with van der Waals surface area (Å²) in [5.74, 6) is 0.685. The van der Waals surface area contributed by atoms with Gasteiger partial charge in [0.1, 0.15) is 22.3 Å². The number of benzene rings is 7. The lowest BCUT2D eigenvalue weighted by atomic mass is 10.0. The topological polar surface area (TPSA) is 65.0 Å². The molecule has 0 amide bonds. The van der Waals surface area contributed by atoms with Crippen molar-refractivity contribution < 1.29 is 17.1 Å². The van der Waals surface area contributed by atoms with Gasteiger partial charge in [0.2, 0.25) is 0 Å². The van der Waals surface area contributed by atoms with E-state index in [-0.39, 0.29) is 75.1 Å². The van der Waals surface area contributed by atoms with Crippen LogP contribution in [0, 0.1) is 0 Å². The molecule has 0 aliphatic rings. The molecule has 4 aromatic heterocycles. The van der Waals surface area contributed by atoms with Gasteiger partial charge in [0.05, 0.1) is 8.22 Å². The smallest absolute Gasteiger partial charge is 0.164 e. The molecule has 6 heteroatoms. The van der Waals surface area contributed by atoms with Gasteiger partial charge in [0.25, 0.3) is 0 Å². The number of fused-ring (bicyclic) bond motifs is 9. The van der Waals surface area contributed by atoms with E-state index in [0.717, 1.165) is 36.5 Å². The molecular weight excluding hydrogens is 647 g/mol. The summed E-state index contributed by atoms with van der Waals surface area (Å²) in [5.41, 5.74) is 3.41. The van der Waals surface area contributed by atoms with Crippen LogP contribution in [0.2, 0.25) is 0 Å². The quantitative estimate of drug-likeness (QED) is 0.185. The van der Waals surface area contributed by atoms with E-state index in [0.29, 0.717) is 33.9 Å². The molecule has 0 unspecified atom stereocenters. The molecule has 0 radical (unpaired) electrons. The van der Waals surface area contributed by atoms with Gasteiger partial charge in [-0.15, -0.1) is 11.3 Å². The summed E-state index contributed by atoms with van der Waals surface area (Å²) >= 11 is 1.67. The minimum absolute atomic E-state index is 0.0187. The average molecular weight is 678 g/mol. The highest BCUT2D eigenvalue weighted by molar-refractivity contribution is 7.25. The Labute approximate surface area is 303 Å². The lowest BCUT2D eigenvalue weighted by Gasteiger charge is -2.08. The van der Waals surface area contributed by atoms with Crippen molar-refractivity contribution in [2.75, 3.05) is 0 Å². The Morgan fingerprint density at radius 1 is 0.451 bits per heavy atom. The zero-order valence-electron chi connectivity index (χ0n) is 32.5. The number of aromatic nitrogens is 3. The minimum Gasteiger partial charge on any atom is -0.456 e. The second kappa shape index (κ2) is 10.9. The summed E-state index contributed by atoms with van der Waals surface area (Å²) in [7, 11) is 0. The van der Waals surface area contributed by atoms with Crippen molar-refractivity contribution in [1.82, 2.24) is 15.0 Å². The fourth-order valence-electron chi connectivity index (χ4n) is 6.81. The van der Waals surface area contributed by atoms with Crippen LogP contribution in [0.25, 0.3) is 109 Å². The van der Waals surface area contributed by atoms with Crippen molar-refractivity contribution in [1.29, 1.82) is 0 Å². The Morgan fingerprint density at radius 3 is 2.06 bits per heavy atom. The number of para-hydroxylation sites is 2. The maximum absolute atomic E-state index is 9.52. The van der Waals surface area contributed by atoms with Gasteiger partial charge < -0.3 is 8.83 Å². The number of hydrogen-bond donors (Lipinski definition) is 0. The van der Waals surface area contributed by atoms with Gasteiger partial charge in [0.15, 0.2) is 17.5 Å². The van der Waals surface area contributed by atoms with E-state index in [1.54, 1.807) is 17.4 Å². The molecule has 0 saturated heterocycles. The first-order chi connectivity index (χ1) is 27.7. The summed E-state index contributed by atoms with van der Waals surface area (Å²) in [6.07, 6.45) is 0. The highest BCUT2D eigenvalue weighted by atomic mass is 32.1. The predicted molar refractivity (Wildman–Crippen MR) is 209 cm³/mol. The fourth-order valence-corrected chi connectivity index (χ4v) is 7.96. The van der Waals surface area contributed by atoms with Gasteiger partial charge in [-0.1, -0.05) is 109 Å². The molecule has 51 heavy (non-hydrogen) atoms. The van der Waals surface area contributed by atoms with Gasteiger partial charge in [-0.25, -0.2) is 15.0 Å². The number of nitrogens with zero attached hydrogens (tertiary/aromatic N) is 3. The maximum Gasteiger partial charge on any atom is 0.164 e. The molecular formula is C45H25N3O2S. The van der Waals surface area contributed by atoms with Crippen molar-refractivity contribution in [3.63, 3.8) is 0 Å². The van der Waals surface area contributed by atoms with Crippen LogP contribution in [-0.4, -0.2) is 15.0 Å². The maximum atomic E-state index is 9.52. The van der Waals surface area contributed by atoms with Crippen LogP contribution in [0.15, 0.2) is 160 Å². The first-order valence-electron chi connectivity index (χ1n) is 19.4. The SMILES string of the molecule is [2H]c1c([2H])c([2H])c2c(oc3c([2H])c(-c4nc(-c5ccccc5)nc(-c5ccc6c(c5)sc5ccccc56)n4)c([2H])c([2H])c32)c1-c1ccc2c(c1)oc1ccccc12. The molecule has 0 aliphatic carbocycles. The van der Waals surface area contributed by atoms with Crippen molar-refractivity contribution in [3.8, 4) is 45.3 Å². The third kappa shape index (κ3) is 4.50. The second-order valence-corrected chi connectivity index (χ2v) is 13.4. The van der Waals surface area contributed by atoms with Crippen LogP contribution in [0.1, 0.15) is 8.22 Å². The normalized spacial score (nSPS) is 13.6. The number of furan rings is 2. The third-order valence-electron chi connectivity index (χ3n) is 9.26. The summed E-state index contributed by atoms with van der Waals surface area (Å²) in [4.78, 5) is 14.5. The molecule has 0 atom stereocenters. The van der Waals surface area contributed by atoms with Crippen LogP contribution in [0.5, 0.6) is 0 Å². The zero-order chi connectivity index (χ0) is 38.7. The summed E-state index contributed by atoms with van der Waals surface area (Å²) in [6, 6.07) is 35.0. The third-order valence-corrected chi connectivity index (χ3v) is 10.4. The van der Waals surface area contributed by atoms with Gasteiger partial charge in [0, 0.05) is 64.0 Å². The van der Waals surface area contributed by atoms with Crippen LogP contribution >= 0.6 is 11.3 Å². The summed E-state index contributed by atoms with van der Waals surface area (Å²) in [5, 5.41) is 4.22. The van der Waals surface area contributed by atoms with Gasteiger partial charge >= 0.3 is 0 Å². The van der Waals surface area contributed by atoms with Crippen LogP contribution in [-0.2, 0) is 0 Å². The molecule has 5 nitrogen and oxygen atoms in total. The monoisotopic (exact) mass is 677 g/mol. The Balaban J connectivity index is 1.15. The molecule has 0 bridgehead atoms. The zero-order valence-corrected chi connectivity index (χ0v) is 27.4. The Bertz CT molecular complexity index is 3510. The molecule has 0 spiro atoms. The van der Waals surface area contributed by atoms with E-state index < -0.39 is 0 Å². The van der Waals surface area contributed by atoms with Crippen molar-refractivity contribution >= 4 is 75.4 Å². The Kier molecular flexibility index (Phi) is 4.91. The Morgan fingerprint density at radius 2 is 1.16 bits per heavy atom. The van der Waals surface area contributed by atoms with Gasteiger partial charge in [-0.05, 0) is 48.0 Å². The molecule has 11 aromatic rings. The molecule has 0 fully saturated rings. The van der Waals surface area contributed by atoms with Gasteiger partial charge in [-0.3, -0.25) is 0 Å². The highest BCUT2D eigenvalue weighted by Gasteiger charge is 2.18. The molecule has 0 saturated carbocycles. The lowest BCUT2D eigenvalue weighted by molar-refractivity contribution is 0.668. The standard InChI is InChI=1S/C45H25N3O2S/c1-2-9-26(10-3-1)43-46-44(48-45(47-43)29-19-22-35-34-12-5-7-16-40(34)51-41(35)25-29)28-18-21-33-36-14-8-13-30(42(36)50-39(33)24-28)27-17-20-32-31-11-4-6-15-37(31)49-38(32)23-27/h1-25H/i8D,13D,14D,18D,21D,24D. The molecule has 11 rings (SSSR count). The lowest BCUT2D eigenvalue weighted by Crippen LogP contribution is -2.00. The first kappa shape index (κ1) is 22.9. The van der Waals surface area contributed by atoms with E-state index in [1.807, 2.05) is 97.1 Å². The van der Waals surface area contributed by atoms with Crippen LogP contribution < -0.4 is 0 Å². The van der Waals surface area contributed by atoms with Gasteiger partial charge in [-0.2, -0.15) is 0 Å². The van der Waals surface area contributed by atoms with Crippen molar-refractivity contribution in [3.05, 3.63) is 152 Å². The predicted octanol–water partition coefficient (Wildman–Crippen LogP) is 12.7. The second-order valence-electron chi connectivity index (χ2n) is 12.3. The molecule has 0 aliphatic heterocycles. The minimum atomic E-state index is -0.364. The number of hydrogen-bond acceptors (Lipinski definition) is 6. The Hall–Kier alpha value is -6.63. The summed E-state index contributed by atoms with van der Waals surface area (Å²) < 4.78 is 69.7. The molecule has 0 N–H and O–H groups in total. The van der Waals surface area contributed by atoms with E-state index in [2.05, 4.69) is 12.1 Å². The van der Waals surface area contributed by atoms with E-state index in [4.69, 9.17) is 27.9 Å². The van der Waals surface area contributed by atoms with E-state index in [9.17, 15) is 4.11 Å². The van der Waals surface area contributed by atoms with E-state index >= 15 is 0 Å². The highest BCUT2D eigenvalue weighted by Crippen LogP contribution is 2.40. The van der Waals surface area contributed by atoms with Crippen LogP contribution in [0.3, 0.4) is 0 Å². The first-order valence-corrected chi connectivity index (χ1v) is 17.2. The number of thiophene rings is 1. The molecule has 4 heterocycles. The van der Waals surface area contributed by atoms with E-state index in [1.165, 1.54) is 0 Å². The molecule has 7 aromatic carbocycles. The summed E-state index contributed by atoms with van der Waals surface area (Å²) in [6.45, 7) is 0. The molecule has 238 valence electrons. The van der Waals surface area contributed by atoms with Crippen LogP contribution in [0.4, 0.5) is 0 Å². The fraction of sp³-hybridized carbons (Fsp3) is 0. The van der Waals surface area contributed by atoms with Crippen molar-refractivity contribution in [2.45, 2.75) is 0 Å².